The fraction of sp³-hybridized carbons (Fsp3) is 0.769. The fourth-order valence-corrected chi connectivity index (χ4v) is 5.87. The van der Waals surface area contributed by atoms with Crippen LogP contribution in [0.1, 0.15) is 107 Å². The highest BCUT2D eigenvalue weighted by Crippen LogP contribution is 2.44. The molecule has 2 aliphatic carbocycles. The van der Waals surface area contributed by atoms with Crippen molar-refractivity contribution in [2.24, 2.45) is 17.8 Å². The van der Waals surface area contributed by atoms with Gasteiger partial charge in [0.25, 0.3) is 0 Å². The standard InChI is InChI=1S/C26H39F3/c1-2-3-4-5-6-20-7-11-22(12-8-20)24-15-17-25(18-16-24)23-13-9-21(10-14-23)19-26(27,28)29/h9-10,13-14,20,22,24-25H,2-8,11-12,15-19H2,1H3/t20-,22-,24-,25-. The molecular formula is C26H39F3. The zero-order valence-corrected chi connectivity index (χ0v) is 18.2. The van der Waals surface area contributed by atoms with Gasteiger partial charge in [-0.3, -0.25) is 0 Å². The summed E-state index contributed by atoms with van der Waals surface area (Å²) in [6.45, 7) is 2.28. The highest BCUT2D eigenvalue weighted by atomic mass is 19.4. The number of unbranched alkanes of at least 4 members (excludes halogenated alkanes) is 3. The van der Waals surface area contributed by atoms with Gasteiger partial charge in [0.1, 0.15) is 0 Å². The molecule has 2 fully saturated rings. The Balaban J connectivity index is 1.38. The second kappa shape index (κ2) is 10.9. The van der Waals surface area contributed by atoms with Crippen molar-refractivity contribution < 1.29 is 13.2 Å². The van der Waals surface area contributed by atoms with Crippen LogP contribution in [-0.2, 0) is 6.42 Å². The van der Waals surface area contributed by atoms with E-state index in [1.54, 1.807) is 12.1 Å². The van der Waals surface area contributed by atoms with E-state index in [9.17, 15) is 13.2 Å². The van der Waals surface area contributed by atoms with E-state index in [0.717, 1.165) is 17.8 Å². The second-order valence-electron chi connectivity index (χ2n) is 9.78. The van der Waals surface area contributed by atoms with Gasteiger partial charge in [-0.25, -0.2) is 0 Å². The molecule has 1 aromatic rings. The molecule has 0 radical (unpaired) electrons. The Bertz CT molecular complexity index is 573. The fourth-order valence-electron chi connectivity index (χ4n) is 5.87. The van der Waals surface area contributed by atoms with Crippen LogP contribution in [0.5, 0.6) is 0 Å². The van der Waals surface area contributed by atoms with Gasteiger partial charge in [-0.05, 0) is 73.3 Å². The van der Waals surface area contributed by atoms with E-state index < -0.39 is 12.6 Å². The minimum atomic E-state index is -4.12. The third-order valence-electron chi connectivity index (χ3n) is 7.65. The molecule has 2 aliphatic rings. The lowest BCUT2D eigenvalue weighted by molar-refractivity contribution is -0.127. The minimum Gasteiger partial charge on any atom is -0.171 e. The van der Waals surface area contributed by atoms with Crippen LogP contribution in [0.4, 0.5) is 13.2 Å². The predicted octanol–water partition coefficient (Wildman–Crippen LogP) is 8.84. The van der Waals surface area contributed by atoms with Crippen LogP contribution in [0.2, 0.25) is 0 Å². The van der Waals surface area contributed by atoms with Gasteiger partial charge in [-0.15, -0.1) is 0 Å². The van der Waals surface area contributed by atoms with Crippen molar-refractivity contribution in [3.63, 3.8) is 0 Å². The van der Waals surface area contributed by atoms with E-state index in [4.69, 9.17) is 0 Å². The van der Waals surface area contributed by atoms with Crippen LogP contribution in [0, 0.1) is 17.8 Å². The lowest BCUT2D eigenvalue weighted by Crippen LogP contribution is -2.25. The van der Waals surface area contributed by atoms with Crippen LogP contribution in [0.25, 0.3) is 0 Å². The molecular weight excluding hydrogens is 369 g/mol. The average molecular weight is 409 g/mol. The summed E-state index contributed by atoms with van der Waals surface area (Å²) in [5.74, 6) is 3.34. The maximum absolute atomic E-state index is 12.5. The van der Waals surface area contributed by atoms with E-state index in [2.05, 4.69) is 6.92 Å². The molecule has 0 aromatic heterocycles. The molecule has 0 nitrogen and oxygen atoms in total. The summed E-state index contributed by atoms with van der Waals surface area (Å²) < 4.78 is 37.6. The Hall–Kier alpha value is -0.990. The van der Waals surface area contributed by atoms with Gasteiger partial charge in [0.15, 0.2) is 0 Å². The highest BCUT2D eigenvalue weighted by molar-refractivity contribution is 5.26. The summed E-state index contributed by atoms with van der Waals surface area (Å²) in [4.78, 5) is 0. The minimum absolute atomic E-state index is 0.376. The number of alkyl halides is 3. The van der Waals surface area contributed by atoms with Gasteiger partial charge in [0.05, 0.1) is 6.42 Å². The molecule has 3 heteroatoms. The first-order valence-electron chi connectivity index (χ1n) is 12.1. The van der Waals surface area contributed by atoms with Crippen LogP contribution < -0.4 is 0 Å². The number of halogens is 3. The van der Waals surface area contributed by atoms with Gasteiger partial charge >= 0.3 is 6.18 Å². The van der Waals surface area contributed by atoms with Crippen LogP contribution in [-0.4, -0.2) is 6.18 Å². The molecule has 0 heterocycles. The lowest BCUT2D eigenvalue weighted by Gasteiger charge is -2.38. The first-order chi connectivity index (χ1) is 13.9. The second-order valence-corrected chi connectivity index (χ2v) is 9.78. The van der Waals surface area contributed by atoms with Gasteiger partial charge in [-0.2, -0.15) is 13.2 Å². The van der Waals surface area contributed by atoms with Gasteiger partial charge in [-0.1, -0.05) is 76.1 Å². The maximum Gasteiger partial charge on any atom is 0.393 e. The number of benzene rings is 1. The first-order valence-corrected chi connectivity index (χ1v) is 12.1. The molecule has 0 atom stereocenters. The Kier molecular flexibility index (Phi) is 8.50. The van der Waals surface area contributed by atoms with Crippen LogP contribution in [0.3, 0.4) is 0 Å². The van der Waals surface area contributed by atoms with Gasteiger partial charge in [0.2, 0.25) is 0 Å². The largest absolute Gasteiger partial charge is 0.393 e. The van der Waals surface area contributed by atoms with E-state index >= 15 is 0 Å². The summed E-state index contributed by atoms with van der Waals surface area (Å²) in [6.07, 6.45) is 12.8. The Labute approximate surface area is 175 Å². The zero-order valence-electron chi connectivity index (χ0n) is 18.2. The number of hydrogen-bond acceptors (Lipinski definition) is 0. The lowest BCUT2D eigenvalue weighted by atomic mass is 9.68. The topological polar surface area (TPSA) is 0 Å². The van der Waals surface area contributed by atoms with Crippen molar-refractivity contribution in [1.82, 2.24) is 0 Å². The number of hydrogen-bond donors (Lipinski definition) is 0. The molecule has 0 spiro atoms. The molecule has 0 N–H and O–H groups in total. The van der Waals surface area contributed by atoms with E-state index in [0.29, 0.717) is 11.5 Å². The average Bonchev–Trinajstić information content (AvgIpc) is 2.71. The highest BCUT2D eigenvalue weighted by Gasteiger charge is 2.31. The summed E-state index contributed by atoms with van der Waals surface area (Å²) in [7, 11) is 0. The molecule has 164 valence electrons. The molecule has 0 saturated heterocycles. The predicted molar refractivity (Wildman–Crippen MR) is 115 cm³/mol. The molecule has 0 bridgehead atoms. The first kappa shape index (κ1) is 22.7. The summed E-state index contributed by atoms with van der Waals surface area (Å²) in [5.41, 5.74) is 1.62. The van der Waals surface area contributed by atoms with Crippen molar-refractivity contribution in [2.75, 3.05) is 0 Å². The molecule has 2 saturated carbocycles. The van der Waals surface area contributed by atoms with E-state index in [1.165, 1.54) is 89.0 Å². The van der Waals surface area contributed by atoms with Crippen molar-refractivity contribution in [2.45, 2.75) is 109 Å². The number of rotatable bonds is 8. The molecule has 1 aromatic carbocycles. The quantitative estimate of drug-likeness (QED) is 0.377. The third-order valence-corrected chi connectivity index (χ3v) is 7.65. The summed E-state index contributed by atoms with van der Waals surface area (Å²) >= 11 is 0. The molecule has 0 aliphatic heterocycles. The Morgan fingerprint density at radius 3 is 1.90 bits per heavy atom. The van der Waals surface area contributed by atoms with Gasteiger partial charge in [0, 0.05) is 0 Å². The van der Waals surface area contributed by atoms with E-state index in [1.807, 2.05) is 12.1 Å². The third kappa shape index (κ3) is 7.33. The SMILES string of the molecule is CCCCCC[C@H]1CC[C@H]([C@H]2CC[C@H](c3ccc(CC(F)(F)F)cc3)CC2)CC1. The van der Waals surface area contributed by atoms with E-state index in [-0.39, 0.29) is 0 Å². The molecule has 0 amide bonds. The Morgan fingerprint density at radius 2 is 1.34 bits per heavy atom. The summed E-state index contributed by atoms with van der Waals surface area (Å²) in [6, 6.07) is 7.24. The van der Waals surface area contributed by atoms with Crippen molar-refractivity contribution in [3.05, 3.63) is 35.4 Å². The van der Waals surface area contributed by atoms with Crippen molar-refractivity contribution >= 4 is 0 Å². The normalized spacial score (nSPS) is 28.4. The van der Waals surface area contributed by atoms with Crippen LogP contribution in [0.15, 0.2) is 24.3 Å². The van der Waals surface area contributed by atoms with Crippen LogP contribution >= 0.6 is 0 Å². The molecule has 0 unspecified atom stereocenters. The van der Waals surface area contributed by atoms with Crippen molar-refractivity contribution in [1.29, 1.82) is 0 Å². The van der Waals surface area contributed by atoms with Crippen molar-refractivity contribution in [3.8, 4) is 0 Å². The zero-order chi connectivity index (χ0) is 20.7. The summed E-state index contributed by atoms with van der Waals surface area (Å²) in [5, 5.41) is 0. The monoisotopic (exact) mass is 408 g/mol. The maximum atomic E-state index is 12.5. The van der Waals surface area contributed by atoms with Gasteiger partial charge < -0.3 is 0 Å². The smallest absolute Gasteiger partial charge is 0.171 e. The Morgan fingerprint density at radius 1 is 0.759 bits per heavy atom. The molecule has 3 rings (SSSR count). The molecule has 29 heavy (non-hydrogen) atoms.